The number of amides is 1. The number of hydrogen-bond donors (Lipinski definition) is 2. The summed E-state index contributed by atoms with van der Waals surface area (Å²) in [6, 6.07) is 4.87. The Morgan fingerprint density at radius 2 is 2.00 bits per heavy atom. The third kappa shape index (κ3) is 8.06. The molecule has 0 heterocycles. The summed E-state index contributed by atoms with van der Waals surface area (Å²) in [5, 5.41) is 6.80. The maximum absolute atomic E-state index is 11.9. The van der Waals surface area contributed by atoms with Crippen LogP contribution in [0.2, 0.25) is 10.0 Å². The van der Waals surface area contributed by atoms with E-state index in [9.17, 15) is 4.79 Å². The van der Waals surface area contributed by atoms with Crippen molar-refractivity contribution in [3.8, 4) is 5.75 Å². The number of nitrogens with one attached hydrogen (secondary N) is 2. The smallest absolute Gasteiger partial charge is 0.260 e. The minimum Gasteiger partial charge on any atom is -0.479 e. The van der Waals surface area contributed by atoms with Crippen LogP contribution in [0, 0.1) is 0 Å². The van der Waals surface area contributed by atoms with Gasteiger partial charge in [0.1, 0.15) is 5.75 Å². The van der Waals surface area contributed by atoms with E-state index in [2.05, 4.69) is 10.6 Å². The first-order valence-electron chi connectivity index (χ1n) is 6.63. The fourth-order valence-electron chi connectivity index (χ4n) is 1.53. The fraction of sp³-hybridized carbons (Fsp3) is 0.500. The van der Waals surface area contributed by atoms with E-state index < -0.39 is 6.10 Å². The lowest BCUT2D eigenvalue weighted by molar-refractivity contribution is -0.127. The molecule has 0 saturated carbocycles. The second-order valence-corrected chi connectivity index (χ2v) is 5.21. The van der Waals surface area contributed by atoms with E-state index in [1.807, 2.05) is 0 Å². The van der Waals surface area contributed by atoms with Gasteiger partial charge in [-0.25, -0.2) is 0 Å². The first kappa shape index (κ1) is 21.3. The highest BCUT2D eigenvalue weighted by Crippen LogP contribution is 2.28. The standard InChI is InChI=1S/C14H20Cl2N2O3.ClH/c1-10(14(19)18-6-5-17-7-8-20-2)21-13-4-3-11(15)9-12(13)16;/h3-4,9-10,17H,5-8H2,1-2H3,(H,18,19);1H. The highest BCUT2D eigenvalue weighted by atomic mass is 35.5. The Morgan fingerprint density at radius 1 is 1.27 bits per heavy atom. The fourth-order valence-corrected chi connectivity index (χ4v) is 1.98. The molecule has 0 aliphatic rings. The van der Waals surface area contributed by atoms with Crippen molar-refractivity contribution < 1.29 is 14.3 Å². The first-order chi connectivity index (χ1) is 10.0. The summed E-state index contributed by atoms with van der Waals surface area (Å²) in [6.07, 6.45) is -0.636. The molecule has 0 aliphatic heterocycles. The van der Waals surface area contributed by atoms with Gasteiger partial charge in [0.25, 0.3) is 5.91 Å². The van der Waals surface area contributed by atoms with Gasteiger partial charge in [0.15, 0.2) is 6.10 Å². The molecule has 126 valence electrons. The van der Waals surface area contributed by atoms with Crippen LogP contribution >= 0.6 is 35.6 Å². The van der Waals surface area contributed by atoms with Gasteiger partial charge in [-0.1, -0.05) is 23.2 Å². The summed E-state index contributed by atoms with van der Waals surface area (Å²) >= 11 is 11.8. The van der Waals surface area contributed by atoms with Crippen molar-refractivity contribution in [2.75, 3.05) is 33.4 Å². The molecule has 0 fully saturated rings. The zero-order valence-electron chi connectivity index (χ0n) is 12.5. The highest BCUT2D eigenvalue weighted by molar-refractivity contribution is 6.35. The largest absolute Gasteiger partial charge is 0.479 e. The van der Waals surface area contributed by atoms with Crippen LogP contribution in [-0.4, -0.2) is 45.4 Å². The van der Waals surface area contributed by atoms with Gasteiger partial charge in [-0.05, 0) is 25.1 Å². The van der Waals surface area contributed by atoms with Gasteiger partial charge in [0.2, 0.25) is 0 Å². The summed E-state index contributed by atoms with van der Waals surface area (Å²) in [7, 11) is 1.64. The van der Waals surface area contributed by atoms with Crippen LogP contribution < -0.4 is 15.4 Å². The van der Waals surface area contributed by atoms with Gasteiger partial charge >= 0.3 is 0 Å². The third-order valence-corrected chi connectivity index (χ3v) is 3.18. The van der Waals surface area contributed by atoms with Crippen molar-refractivity contribution in [2.24, 2.45) is 0 Å². The number of hydrogen-bond acceptors (Lipinski definition) is 4. The number of carbonyl (C=O) groups excluding carboxylic acids is 1. The average Bonchev–Trinajstić information content (AvgIpc) is 2.45. The molecule has 5 nitrogen and oxygen atoms in total. The number of halogens is 3. The van der Waals surface area contributed by atoms with Crippen molar-refractivity contribution in [3.63, 3.8) is 0 Å². The Morgan fingerprint density at radius 3 is 2.64 bits per heavy atom. The second-order valence-electron chi connectivity index (χ2n) is 4.37. The van der Waals surface area contributed by atoms with Gasteiger partial charge in [-0.3, -0.25) is 4.79 Å². The minimum absolute atomic E-state index is 0. The van der Waals surface area contributed by atoms with Crippen molar-refractivity contribution in [2.45, 2.75) is 13.0 Å². The van der Waals surface area contributed by atoms with Crippen LogP contribution in [0.25, 0.3) is 0 Å². The molecule has 1 aromatic carbocycles. The SMILES string of the molecule is COCCNCCNC(=O)C(C)Oc1ccc(Cl)cc1Cl.Cl. The third-order valence-electron chi connectivity index (χ3n) is 2.65. The van der Waals surface area contributed by atoms with Crippen LogP contribution in [0.4, 0.5) is 0 Å². The van der Waals surface area contributed by atoms with Gasteiger partial charge in [-0.2, -0.15) is 0 Å². The molecule has 2 N–H and O–H groups in total. The molecular formula is C14H21Cl3N2O3. The molecule has 0 bridgehead atoms. The Labute approximate surface area is 147 Å². The van der Waals surface area contributed by atoms with Crippen molar-refractivity contribution in [1.82, 2.24) is 10.6 Å². The zero-order chi connectivity index (χ0) is 15.7. The summed E-state index contributed by atoms with van der Waals surface area (Å²) in [5.74, 6) is 0.233. The summed E-state index contributed by atoms with van der Waals surface area (Å²) < 4.78 is 10.4. The van der Waals surface area contributed by atoms with E-state index in [4.69, 9.17) is 32.7 Å². The number of ether oxygens (including phenoxy) is 2. The van der Waals surface area contributed by atoms with Crippen LogP contribution in [0.1, 0.15) is 6.92 Å². The molecule has 8 heteroatoms. The van der Waals surface area contributed by atoms with E-state index in [1.54, 1.807) is 32.2 Å². The molecule has 0 radical (unpaired) electrons. The summed E-state index contributed by atoms with van der Waals surface area (Å²) in [4.78, 5) is 11.9. The lowest BCUT2D eigenvalue weighted by Crippen LogP contribution is -2.40. The first-order valence-corrected chi connectivity index (χ1v) is 7.39. The van der Waals surface area contributed by atoms with E-state index in [-0.39, 0.29) is 18.3 Å². The van der Waals surface area contributed by atoms with E-state index in [0.29, 0.717) is 35.5 Å². The topological polar surface area (TPSA) is 59.6 Å². The number of carbonyl (C=O) groups is 1. The maximum atomic E-state index is 11.9. The number of rotatable bonds is 9. The van der Waals surface area contributed by atoms with E-state index in [0.717, 1.165) is 6.54 Å². The van der Waals surface area contributed by atoms with E-state index in [1.165, 1.54) is 0 Å². The molecule has 1 rings (SSSR count). The van der Waals surface area contributed by atoms with Gasteiger partial charge < -0.3 is 20.1 Å². The average molecular weight is 372 g/mol. The van der Waals surface area contributed by atoms with Crippen LogP contribution in [0.3, 0.4) is 0 Å². The van der Waals surface area contributed by atoms with E-state index >= 15 is 0 Å². The van der Waals surface area contributed by atoms with Crippen molar-refractivity contribution in [1.29, 1.82) is 0 Å². The normalized spacial score (nSPS) is 11.5. The van der Waals surface area contributed by atoms with Crippen LogP contribution in [-0.2, 0) is 9.53 Å². The monoisotopic (exact) mass is 370 g/mol. The quantitative estimate of drug-likeness (QED) is 0.655. The number of benzene rings is 1. The lowest BCUT2D eigenvalue weighted by Gasteiger charge is -2.16. The Hall–Kier alpha value is -0.720. The highest BCUT2D eigenvalue weighted by Gasteiger charge is 2.15. The molecule has 0 aromatic heterocycles. The molecule has 0 aliphatic carbocycles. The molecular weight excluding hydrogens is 351 g/mol. The summed E-state index contributed by atoms with van der Waals surface area (Å²) in [6.45, 7) is 4.24. The zero-order valence-corrected chi connectivity index (χ0v) is 14.9. The molecule has 1 amide bonds. The predicted molar refractivity (Wildman–Crippen MR) is 91.6 cm³/mol. The molecule has 1 unspecified atom stereocenters. The minimum atomic E-state index is -0.636. The Balaban J connectivity index is 0.00000441. The van der Waals surface area contributed by atoms with Crippen LogP contribution in [0.5, 0.6) is 5.75 Å². The van der Waals surface area contributed by atoms with Crippen molar-refractivity contribution in [3.05, 3.63) is 28.2 Å². The maximum Gasteiger partial charge on any atom is 0.260 e. The molecule has 0 saturated heterocycles. The van der Waals surface area contributed by atoms with Crippen LogP contribution in [0.15, 0.2) is 18.2 Å². The Kier molecular flexibility index (Phi) is 11.4. The molecule has 0 spiro atoms. The molecule has 1 atom stereocenters. The van der Waals surface area contributed by atoms with Gasteiger partial charge in [0.05, 0.1) is 11.6 Å². The van der Waals surface area contributed by atoms with Gasteiger partial charge in [-0.15, -0.1) is 12.4 Å². The van der Waals surface area contributed by atoms with Crippen molar-refractivity contribution >= 4 is 41.5 Å². The Bertz CT molecular complexity index is 461. The molecule has 22 heavy (non-hydrogen) atoms. The lowest BCUT2D eigenvalue weighted by atomic mass is 10.3. The predicted octanol–water partition coefficient (Wildman–Crippen LogP) is 2.53. The molecule has 1 aromatic rings. The second kappa shape index (κ2) is 11.8. The number of methoxy groups -OCH3 is 1. The summed E-state index contributed by atoms with van der Waals surface area (Å²) in [5.41, 5.74) is 0. The van der Waals surface area contributed by atoms with Gasteiger partial charge in [0, 0.05) is 31.8 Å².